The molecule has 17 nitrogen and oxygen atoms in total. The number of anilines is 1. The molecule has 0 aliphatic carbocycles. The van der Waals surface area contributed by atoms with Gasteiger partial charge >= 0.3 is 0 Å². The van der Waals surface area contributed by atoms with Crippen LogP contribution in [-0.2, 0) is 74.8 Å². The van der Waals surface area contributed by atoms with Crippen LogP contribution in [0.15, 0.2) is 48.5 Å². The van der Waals surface area contributed by atoms with E-state index < -0.39 is 0 Å². The zero-order valence-electron chi connectivity index (χ0n) is 41.2. The maximum atomic E-state index is 13.8. The van der Waals surface area contributed by atoms with Crippen LogP contribution in [0.5, 0.6) is 0 Å². The van der Waals surface area contributed by atoms with Crippen molar-refractivity contribution >= 4 is 23.2 Å². The van der Waals surface area contributed by atoms with Crippen molar-refractivity contribution in [3.63, 3.8) is 0 Å². The fourth-order valence-electron chi connectivity index (χ4n) is 7.29. The molecule has 380 valence electrons. The molecule has 3 aromatic rings. The fraction of sp³-hybridized carbons (Fsp3) is 0.667. The number of nitrogens with zero attached hydrogens (tertiary/aromatic N) is 4. The van der Waals surface area contributed by atoms with Crippen LogP contribution in [0.4, 0.5) is 5.69 Å². The van der Waals surface area contributed by atoms with Gasteiger partial charge in [0.1, 0.15) is 17.3 Å². The molecule has 68 heavy (non-hydrogen) atoms. The molecule has 0 atom stereocenters. The number of ether oxygens (including phenoxy) is 10. The summed E-state index contributed by atoms with van der Waals surface area (Å²) in [4.78, 5) is 39.8. The number of hydrogen-bond acceptors (Lipinski definition) is 15. The standard InChI is InChI=1S/C51H78N4O13/c1-41(2)38-44(56)11-9-18-59-20-22-61-24-26-63-28-30-65-32-34-67-36-37-68-35-33-66-31-29-64-27-25-62-23-21-60-19-17-55-51-47-13-7-8-14-48(47)54(49(58)16-15-45(57)39-42(3)4)40-43-10-5-6-12-46(43)50(51)52-53-55/h5-8,10,12-14,41-42H,9,11,15-40H2,1-4H3. The van der Waals surface area contributed by atoms with E-state index in [-0.39, 0.29) is 30.4 Å². The van der Waals surface area contributed by atoms with Gasteiger partial charge in [-0.3, -0.25) is 14.4 Å². The van der Waals surface area contributed by atoms with Crippen molar-refractivity contribution in [2.45, 2.75) is 79.3 Å². The van der Waals surface area contributed by atoms with E-state index >= 15 is 0 Å². The van der Waals surface area contributed by atoms with E-state index in [0.29, 0.717) is 176 Å². The number of carbonyl (C=O) groups is 3. The number of ketones is 2. The van der Waals surface area contributed by atoms with Gasteiger partial charge in [-0.2, -0.15) is 0 Å². The molecule has 0 saturated carbocycles. The molecule has 17 heteroatoms. The van der Waals surface area contributed by atoms with E-state index in [2.05, 4.69) is 24.2 Å². The first-order valence-corrected chi connectivity index (χ1v) is 24.5. The molecule has 2 heterocycles. The van der Waals surface area contributed by atoms with Crippen LogP contribution in [-0.4, -0.2) is 165 Å². The van der Waals surface area contributed by atoms with Gasteiger partial charge in [0.15, 0.2) is 0 Å². The zero-order chi connectivity index (χ0) is 48.4. The molecular formula is C51H78N4O13. The number of rotatable bonds is 41. The van der Waals surface area contributed by atoms with E-state index in [1.54, 1.807) is 4.90 Å². The summed E-state index contributed by atoms with van der Waals surface area (Å²) < 4.78 is 57.7. The van der Waals surface area contributed by atoms with Crippen LogP contribution < -0.4 is 4.90 Å². The summed E-state index contributed by atoms with van der Waals surface area (Å²) in [6.07, 6.45) is 2.82. The average Bonchev–Trinajstić information content (AvgIpc) is 3.73. The molecular weight excluding hydrogens is 877 g/mol. The highest BCUT2D eigenvalue weighted by molar-refractivity contribution is 6.01. The molecule has 0 saturated heterocycles. The second-order valence-corrected chi connectivity index (χ2v) is 17.2. The highest BCUT2D eigenvalue weighted by atomic mass is 16.6. The minimum absolute atomic E-state index is 0.0933. The minimum Gasteiger partial charge on any atom is -0.379 e. The van der Waals surface area contributed by atoms with Gasteiger partial charge in [-0.1, -0.05) is 75.4 Å². The Hall–Kier alpha value is -4.01. The van der Waals surface area contributed by atoms with Crippen molar-refractivity contribution in [2.24, 2.45) is 11.8 Å². The van der Waals surface area contributed by atoms with Crippen LogP contribution >= 0.6 is 0 Å². The molecule has 1 aliphatic heterocycles. The predicted molar refractivity (Wildman–Crippen MR) is 258 cm³/mol. The molecule has 0 unspecified atom stereocenters. The Kier molecular flexibility index (Phi) is 29.2. The van der Waals surface area contributed by atoms with Crippen LogP contribution in [0.3, 0.4) is 0 Å². The van der Waals surface area contributed by atoms with E-state index in [1.807, 2.05) is 67.1 Å². The molecule has 1 aliphatic rings. The van der Waals surface area contributed by atoms with Gasteiger partial charge in [-0.05, 0) is 29.9 Å². The number of Topliss-reactive ketones (excluding diaryl/α,β-unsaturated/α-hetero) is 2. The average molecular weight is 955 g/mol. The van der Waals surface area contributed by atoms with Crippen molar-refractivity contribution in [1.29, 1.82) is 0 Å². The zero-order valence-corrected chi connectivity index (χ0v) is 41.2. The third-order valence-electron chi connectivity index (χ3n) is 10.5. The van der Waals surface area contributed by atoms with E-state index in [1.165, 1.54) is 0 Å². The number of carbonyl (C=O) groups excluding carboxylic acids is 3. The van der Waals surface area contributed by atoms with E-state index in [4.69, 9.17) is 47.4 Å². The first kappa shape index (κ1) is 56.6. The molecule has 4 rings (SSSR count). The largest absolute Gasteiger partial charge is 0.379 e. The van der Waals surface area contributed by atoms with Gasteiger partial charge in [-0.15, -0.1) is 5.10 Å². The number of benzene rings is 2. The molecule has 0 N–H and O–H groups in total. The van der Waals surface area contributed by atoms with Crippen LogP contribution in [0, 0.1) is 11.8 Å². The number of amides is 1. The summed E-state index contributed by atoms with van der Waals surface area (Å²) in [6.45, 7) is 18.4. The molecule has 0 fully saturated rings. The normalized spacial score (nSPS) is 12.3. The van der Waals surface area contributed by atoms with Crippen molar-refractivity contribution in [1.82, 2.24) is 15.0 Å². The van der Waals surface area contributed by atoms with Crippen LogP contribution in [0.2, 0.25) is 0 Å². The Balaban J connectivity index is 0.940. The van der Waals surface area contributed by atoms with Gasteiger partial charge in [0.25, 0.3) is 0 Å². The fourth-order valence-corrected chi connectivity index (χ4v) is 7.29. The summed E-state index contributed by atoms with van der Waals surface area (Å²) in [5, 5.41) is 9.15. The SMILES string of the molecule is CC(C)CC(=O)CCCOCCOCCOCCOCCOCCOCCOCCOCCOCCOCCn1nnc2c1-c1ccccc1N(C(=O)CCC(=O)CC(C)C)Cc1ccccc1-2. The molecule has 0 radical (unpaired) electrons. The summed E-state index contributed by atoms with van der Waals surface area (Å²) >= 11 is 0. The topological polar surface area (TPSA) is 177 Å². The Morgan fingerprint density at radius 2 is 0.912 bits per heavy atom. The van der Waals surface area contributed by atoms with Gasteiger partial charge < -0.3 is 52.3 Å². The second-order valence-electron chi connectivity index (χ2n) is 17.2. The van der Waals surface area contributed by atoms with Crippen LogP contribution in [0.1, 0.15) is 71.8 Å². The number of para-hydroxylation sites is 1. The Labute approximate surface area is 403 Å². The van der Waals surface area contributed by atoms with Crippen molar-refractivity contribution in [3.05, 3.63) is 54.1 Å². The number of fused-ring (bicyclic) bond motifs is 5. The lowest BCUT2D eigenvalue weighted by atomic mass is 9.95. The monoisotopic (exact) mass is 955 g/mol. The number of aromatic nitrogens is 3. The highest BCUT2D eigenvalue weighted by Crippen LogP contribution is 2.41. The lowest BCUT2D eigenvalue weighted by molar-refractivity contribution is -0.124. The Morgan fingerprint density at radius 3 is 1.40 bits per heavy atom. The Morgan fingerprint density at radius 1 is 0.500 bits per heavy atom. The molecule has 0 spiro atoms. The first-order chi connectivity index (χ1) is 33.2. The molecule has 2 aromatic carbocycles. The second kappa shape index (κ2) is 35.1. The molecule has 1 amide bonds. The Bertz CT molecular complexity index is 1840. The van der Waals surface area contributed by atoms with Crippen molar-refractivity contribution in [2.75, 3.05) is 137 Å². The maximum Gasteiger partial charge on any atom is 0.227 e. The van der Waals surface area contributed by atoms with Gasteiger partial charge in [0.05, 0.1) is 150 Å². The first-order valence-electron chi connectivity index (χ1n) is 24.5. The minimum atomic E-state index is -0.0933. The summed E-state index contributed by atoms with van der Waals surface area (Å²) in [5.74, 6) is 0.979. The molecule has 0 bridgehead atoms. The van der Waals surface area contributed by atoms with Crippen molar-refractivity contribution < 1.29 is 61.8 Å². The summed E-state index contributed by atoms with van der Waals surface area (Å²) in [5.41, 5.74) is 5.06. The molecule has 1 aromatic heterocycles. The third-order valence-corrected chi connectivity index (χ3v) is 10.5. The third kappa shape index (κ3) is 23.1. The van der Waals surface area contributed by atoms with Gasteiger partial charge in [0, 0.05) is 49.8 Å². The van der Waals surface area contributed by atoms with Gasteiger partial charge in [0.2, 0.25) is 5.91 Å². The predicted octanol–water partition coefficient (Wildman–Crippen LogP) is 6.42. The number of hydrogen-bond donors (Lipinski definition) is 0. The highest BCUT2D eigenvalue weighted by Gasteiger charge is 2.29. The smallest absolute Gasteiger partial charge is 0.227 e. The van der Waals surface area contributed by atoms with E-state index in [9.17, 15) is 14.4 Å². The quantitative estimate of drug-likeness (QED) is 0.0570. The van der Waals surface area contributed by atoms with Crippen molar-refractivity contribution in [3.8, 4) is 22.5 Å². The summed E-state index contributed by atoms with van der Waals surface area (Å²) in [7, 11) is 0. The summed E-state index contributed by atoms with van der Waals surface area (Å²) in [6, 6.07) is 15.8. The van der Waals surface area contributed by atoms with Crippen LogP contribution in [0.25, 0.3) is 22.5 Å². The lowest BCUT2D eigenvalue weighted by Crippen LogP contribution is -2.32. The van der Waals surface area contributed by atoms with E-state index in [0.717, 1.165) is 40.2 Å². The lowest BCUT2D eigenvalue weighted by Gasteiger charge is -2.28. The maximum absolute atomic E-state index is 13.8. The van der Waals surface area contributed by atoms with Gasteiger partial charge in [-0.25, -0.2) is 4.68 Å².